The van der Waals surface area contributed by atoms with E-state index in [1.54, 1.807) is 13.1 Å². The lowest BCUT2D eigenvalue weighted by atomic mass is 9.93. The molecule has 0 saturated heterocycles. The minimum atomic E-state index is -1.11. The second-order valence-corrected chi connectivity index (χ2v) is 10.7. The number of fused-ring (bicyclic) bond motifs is 1. The van der Waals surface area contributed by atoms with Crippen molar-refractivity contribution in [3.05, 3.63) is 84.4 Å². The normalized spacial score (nSPS) is 17.2. The van der Waals surface area contributed by atoms with Crippen molar-refractivity contribution in [2.45, 2.75) is 44.2 Å². The van der Waals surface area contributed by atoms with Crippen molar-refractivity contribution < 1.29 is 24.3 Å². The molecule has 1 saturated carbocycles. The fourth-order valence-corrected chi connectivity index (χ4v) is 5.72. The van der Waals surface area contributed by atoms with E-state index in [4.69, 9.17) is 0 Å². The minimum Gasteiger partial charge on any atom is -0.478 e. The fraction of sp³-hybridized carbons (Fsp3) is 0.312. The lowest BCUT2D eigenvalue weighted by molar-refractivity contribution is -0.123. The van der Waals surface area contributed by atoms with E-state index in [0.29, 0.717) is 11.4 Å². The van der Waals surface area contributed by atoms with Crippen LogP contribution in [0, 0.1) is 0 Å². The minimum absolute atomic E-state index is 0.0319. The van der Waals surface area contributed by atoms with Crippen LogP contribution >= 0.6 is 0 Å². The molecule has 1 heterocycles. The molecule has 10 nitrogen and oxygen atoms in total. The number of carboxylic acids is 1. The summed E-state index contributed by atoms with van der Waals surface area (Å²) in [5.41, 5.74) is 2.51. The summed E-state index contributed by atoms with van der Waals surface area (Å²) in [5, 5.41) is 14.8. The van der Waals surface area contributed by atoms with E-state index >= 15 is 0 Å². The number of nitrogens with zero attached hydrogens (tertiary/aromatic N) is 3. The van der Waals surface area contributed by atoms with Gasteiger partial charge in [0.15, 0.2) is 0 Å². The van der Waals surface area contributed by atoms with Crippen LogP contribution < -0.4 is 25.3 Å². The van der Waals surface area contributed by atoms with Gasteiger partial charge in [0, 0.05) is 31.0 Å². The third-order valence-corrected chi connectivity index (χ3v) is 7.92. The van der Waals surface area contributed by atoms with Crippen LogP contribution in [0.1, 0.15) is 42.5 Å². The van der Waals surface area contributed by atoms with E-state index in [1.165, 1.54) is 28.0 Å². The van der Waals surface area contributed by atoms with Gasteiger partial charge in [-0.2, -0.15) is 0 Å². The number of likely N-dealkylation sites (N-methyl/N-ethyl adjacent to an activating group) is 1. The van der Waals surface area contributed by atoms with E-state index in [0.717, 1.165) is 37.8 Å². The number of carbonyl (C=O) groups excluding carboxylic acids is 3. The maximum absolute atomic E-state index is 14.2. The second-order valence-electron chi connectivity index (χ2n) is 10.7. The van der Waals surface area contributed by atoms with Gasteiger partial charge in [0.05, 0.1) is 16.9 Å². The van der Waals surface area contributed by atoms with Crippen LogP contribution in [0.5, 0.6) is 0 Å². The van der Waals surface area contributed by atoms with Crippen molar-refractivity contribution in [1.82, 2.24) is 5.32 Å². The first-order chi connectivity index (χ1) is 20.3. The maximum atomic E-state index is 14.2. The van der Waals surface area contributed by atoms with Crippen molar-refractivity contribution in [3.63, 3.8) is 0 Å². The predicted octanol–water partition coefficient (Wildman–Crippen LogP) is 4.72. The van der Waals surface area contributed by atoms with Crippen LogP contribution in [0.4, 0.5) is 27.5 Å². The van der Waals surface area contributed by atoms with Crippen molar-refractivity contribution >= 4 is 46.6 Å². The van der Waals surface area contributed by atoms with Gasteiger partial charge in [-0.25, -0.2) is 9.59 Å². The van der Waals surface area contributed by atoms with Crippen LogP contribution in [-0.4, -0.2) is 61.1 Å². The van der Waals surface area contributed by atoms with Gasteiger partial charge in [0.25, 0.3) is 5.91 Å². The average Bonchev–Trinajstić information content (AvgIpc) is 3.12. The highest BCUT2D eigenvalue weighted by Crippen LogP contribution is 2.37. The Hall–Kier alpha value is -4.86. The highest BCUT2D eigenvalue weighted by molar-refractivity contribution is 6.09. The van der Waals surface area contributed by atoms with Gasteiger partial charge < -0.3 is 25.5 Å². The number of amides is 4. The number of hydrogen-bond donors (Lipinski definition) is 3. The Morgan fingerprint density at radius 3 is 2.31 bits per heavy atom. The number of para-hydroxylation sites is 3. The van der Waals surface area contributed by atoms with Gasteiger partial charge in [-0.1, -0.05) is 55.7 Å². The summed E-state index contributed by atoms with van der Waals surface area (Å²) in [6.45, 7) is 0.0303. The van der Waals surface area contributed by atoms with Crippen molar-refractivity contribution in [2.24, 2.45) is 0 Å². The molecular formula is C32H35N5O5. The molecule has 3 N–H and O–H groups in total. The molecule has 1 aliphatic heterocycles. The zero-order chi connectivity index (χ0) is 29.6. The largest absolute Gasteiger partial charge is 0.478 e. The summed E-state index contributed by atoms with van der Waals surface area (Å²) in [6, 6.07) is 21.3. The van der Waals surface area contributed by atoms with Gasteiger partial charge in [0.2, 0.25) is 5.91 Å². The van der Waals surface area contributed by atoms with E-state index < -0.39 is 23.9 Å². The number of hydrogen-bond acceptors (Lipinski definition) is 5. The predicted molar refractivity (Wildman–Crippen MR) is 162 cm³/mol. The Kier molecular flexibility index (Phi) is 8.71. The molecular weight excluding hydrogens is 534 g/mol. The number of nitrogens with one attached hydrogen (secondary N) is 2. The second kappa shape index (κ2) is 12.8. The third kappa shape index (κ3) is 6.38. The summed E-state index contributed by atoms with van der Waals surface area (Å²) in [5.74, 6) is -1.78. The molecule has 10 heteroatoms. The molecule has 5 rings (SSSR count). The quantitative estimate of drug-likeness (QED) is 0.378. The van der Waals surface area contributed by atoms with Crippen molar-refractivity contribution in [3.8, 4) is 0 Å². The Bertz CT molecular complexity index is 1460. The van der Waals surface area contributed by atoms with E-state index in [-0.39, 0.29) is 36.3 Å². The van der Waals surface area contributed by atoms with Crippen LogP contribution in [0.3, 0.4) is 0 Å². The molecule has 1 aliphatic carbocycles. The Morgan fingerprint density at radius 1 is 0.905 bits per heavy atom. The Morgan fingerprint density at radius 2 is 1.60 bits per heavy atom. The average molecular weight is 570 g/mol. The topological polar surface area (TPSA) is 122 Å². The van der Waals surface area contributed by atoms with Gasteiger partial charge in [0.1, 0.15) is 12.6 Å². The zero-order valence-corrected chi connectivity index (χ0v) is 23.5. The number of rotatable bonds is 7. The standard InChI is InChI=1S/C32H35N5O5/c1-35(24-13-4-2-5-14-24)29(38)21-37-28-18-9-8-17-27(28)36(25-15-6-3-7-16-25)20-26(30(37)39)34-32(42)33-23-12-10-11-22(19-23)31(40)41/h2,4-5,8-14,17-19,25-26H,3,6-7,15-16,20-21H2,1H3,(H,40,41)(H2,33,34,42). The highest BCUT2D eigenvalue weighted by atomic mass is 16.4. The molecule has 1 atom stereocenters. The van der Waals surface area contributed by atoms with Gasteiger partial charge in [-0.15, -0.1) is 0 Å². The van der Waals surface area contributed by atoms with Gasteiger partial charge in [-0.3, -0.25) is 14.5 Å². The number of carbonyl (C=O) groups is 4. The van der Waals surface area contributed by atoms with Crippen molar-refractivity contribution in [1.29, 1.82) is 0 Å². The Balaban J connectivity index is 1.45. The number of carboxylic acid groups (broad SMARTS) is 1. The van der Waals surface area contributed by atoms with Crippen LogP contribution in [0.25, 0.3) is 0 Å². The molecule has 0 bridgehead atoms. The molecule has 4 amide bonds. The fourth-order valence-electron chi connectivity index (χ4n) is 5.72. The molecule has 0 aromatic heterocycles. The number of anilines is 4. The zero-order valence-electron chi connectivity index (χ0n) is 23.5. The summed E-state index contributed by atoms with van der Waals surface area (Å²) in [4.78, 5) is 57.4. The molecule has 2 aliphatic rings. The van der Waals surface area contributed by atoms with Crippen LogP contribution in [0.15, 0.2) is 78.9 Å². The lowest BCUT2D eigenvalue weighted by Gasteiger charge is -2.37. The van der Waals surface area contributed by atoms with E-state index in [9.17, 15) is 24.3 Å². The summed E-state index contributed by atoms with van der Waals surface area (Å²) in [6.07, 6.45) is 5.27. The van der Waals surface area contributed by atoms with E-state index in [2.05, 4.69) is 15.5 Å². The first-order valence-electron chi connectivity index (χ1n) is 14.2. The maximum Gasteiger partial charge on any atom is 0.335 e. The lowest BCUT2D eigenvalue weighted by Crippen LogP contribution is -2.55. The Labute approximate surface area is 244 Å². The summed E-state index contributed by atoms with van der Waals surface area (Å²) < 4.78 is 0. The molecule has 3 aromatic carbocycles. The summed E-state index contributed by atoms with van der Waals surface area (Å²) in [7, 11) is 1.68. The van der Waals surface area contributed by atoms with Crippen LogP contribution in [0.2, 0.25) is 0 Å². The molecule has 0 spiro atoms. The first kappa shape index (κ1) is 28.7. The van der Waals surface area contributed by atoms with E-state index in [1.807, 2.05) is 54.6 Å². The number of aromatic carboxylic acids is 1. The SMILES string of the molecule is CN(C(=O)CN1C(=O)C(NC(=O)Nc2cccc(C(=O)O)c2)CN(C2CCCCC2)c2ccccc21)c1ccccc1. The first-order valence-corrected chi connectivity index (χ1v) is 14.2. The summed E-state index contributed by atoms with van der Waals surface area (Å²) >= 11 is 0. The smallest absolute Gasteiger partial charge is 0.335 e. The molecule has 1 unspecified atom stereocenters. The van der Waals surface area contributed by atoms with Gasteiger partial charge >= 0.3 is 12.0 Å². The number of benzene rings is 3. The monoisotopic (exact) mass is 569 g/mol. The van der Waals surface area contributed by atoms with Gasteiger partial charge in [-0.05, 0) is 55.3 Å². The highest BCUT2D eigenvalue weighted by Gasteiger charge is 2.38. The molecule has 0 radical (unpaired) electrons. The van der Waals surface area contributed by atoms with Crippen LogP contribution in [-0.2, 0) is 9.59 Å². The third-order valence-electron chi connectivity index (χ3n) is 7.92. The molecule has 218 valence electrons. The molecule has 42 heavy (non-hydrogen) atoms. The van der Waals surface area contributed by atoms with Crippen molar-refractivity contribution in [2.75, 3.05) is 40.2 Å². The molecule has 3 aromatic rings. The number of urea groups is 1. The molecule has 1 fully saturated rings.